The molecule has 1 heterocycles. The summed E-state index contributed by atoms with van der Waals surface area (Å²) < 4.78 is 1.59. The second kappa shape index (κ2) is 4.40. The smallest absolute Gasteiger partial charge is 0.266 e. The zero-order valence-corrected chi connectivity index (χ0v) is 8.35. The summed E-state index contributed by atoms with van der Waals surface area (Å²) in [7, 11) is 0. The van der Waals surface area contributed by atoms with Gasteiger partial charge in [0.05, 0.1) is 0 Å². The van der Waals surface area contributed by atoms with Crippen LogP contribution in [0.4, 0.5) is 0 Å². The van der Waals surface area contributed by atoms with Crippen molar-refractivity contribution in [2.24, 2.45) is 5.92 Å². The molecule has 0 radical (unpaired) electrons. The largest absolute Gasteiger partial charge is 0.268 e. The lowest BCUT2D eigenvalue weighted by molar-refractivity contribution is 0.302. The number of aromatic nitrogens is 2. The fraction of sp³-hybridized carbons (Fsp3) is 0.636. The van der Waals surface area contributed by atoms with Crippen molar-refractivity contribution in [2.45, 2.75) is 38.6 Å². The van der Waals surface area contributed by atoms with E-state index in [-0.39, 0.29) is 5.56 Å². The molecule has 14 heavy (non-hydrogen) atoms. The van der Waals surface area contributed by atoms with Gasteiger partial charge in [0.25, 0.3) is 5.56 Å². The van der Waals surface area contributed by atoms with Crippen molar-refractivity contribution in [1.29, 1.82) is 0 Å². The van der Waals surface area contributed by atoms with Crippen LogP contribution in [0.15, 0.2) is 23.1 Å². The molecule has 3 nitrogen and oxygen atoms in total. The molecule has 0 unspecified atom stereocenters. The summed E-state index contributed by atoms with van der Waals surface area (Å²) in [5.41, 5.74) is 0.0260. The Morgan fingerprint density at radius 1 is 1.36 bits per heavy atom. The molecule has 1 aliphatic carbocycles. The van der Waals surface area contributed by atoms with Gasteiger partial charge >= 0.3 is 0 Å². The number of hydrogen-bond acceptors (Lipinski definition) is 2. The molecule has 1 aliphatic rings. The Labute approximate surface area is 83.8 Å². The average Bonchev–Trinajstić information content (AvgIpc) is 2.23. The third-order valence-electron chi connectivity index (χ3n) is 2.94. The summed E-state index contributed by atoms with van der Waals surface area (Å²) in [6.45, 7) is 0.805. The van der Waals surface area contributed by atoms with Gasteiger partial charge in [-0.2, -0.15) is 5.10 Å². The van der Waals surface area contributed by atoms with Crippen LogP contribution in [0, 0.1) is 5.92 Å². The zero-order chi connectivity index (χ0) is 9.80. The van der Waals surface area contributed by atoms with Crippen molar-refractivity contribution < 1.29 is 0 Å². The summed E-state index contributed by atoms with van der Waals surface area (Å²) in [6.07, 6.45) is 8.17. The molecule has 3 heteroatoms. The van der Waals surface area contributed by atoms with E-state index >= 15 is 0 Å². The van der Waals surface area contributed by atoms with Crippen LogP contribution in [0.3, 0.4) is 0 Å². The molecule has 0 spiro atoms. The van der Waals surface area contributed by atoms with E-state index in [1.165, 1.54) is 32.1 Å². The third kappa shape index (κ3) is 2.22. The van der Waals surface area contributed by atoms with Gasteiger partial charge in [-0.1, -0.05) is 19.3 Å². The van der Waals surface area contributed by atoms with Crippen molar-refractivity contribution in [2.75, 3.05) is 0 Å². The lowest BCUT2D eigenvalue weighted by Crippen LogP contribution is -2.26. The summed E-state index contributed by atoms with van der Waals surface area (Å²) in [4.78, 5) is 11.4. The Kier molecular flexibility index (Phi) is 2.96. The minimum atomic E-state index is 0.0260. The molecule has 0 atom stereocenters. The quantitative estimate of drug-likeness (QED) is 0.716. The molecule has 0 aromatic carbocycles. The SMILES string of the molecule is O=c1cccnn1CC1CCCCC1. The Balaban J connectivity index is 2.03. The van der Waals surface area contributed by atoms with E-state index < -0.39 is 0 Å². The maximum Gasteiger partial charge on any atom is 0.266 e. The maximum absolute atomic E-state index is 11.4. The topological polar surface area (TPSA) is 34.9 Å². The fourth-order valence-corrected chi connectivity index (χ4v) is 2.14. The van der Waals surface area contributed by atoms with Gasteiger partial charge in [0, 0.05) is 18.8 Å². The molecular weight excluding hydrogens is 176 g/mol. The summed E-state index contributed by atoms with van der Waals surface area (Å²) >= 11 is 0. The van der Waals surface area contributed by atoms with Crippen molar-refractivity contribution in [3.05, 3.63) is 28.7 Å². The Morgan fingerprint density at radius 2 is 2.14 bits per heavy atom. The summed E-state index contributed by atoms with van der Waals surface area (Å²) in [5, 5.41) is 4.08. The van der Waals surface area contributed by atoms with Crippen LogP contribution in [0.5, 0.6) is 0 Å². The van der Waals surface area contributed by atoms with E-state index in [1.54, 1.807) is 23.0 Å². The molecule has 0 N–H and O–H groups in total. The van der Waals surface area contributed by atoms with Crippen LogP contribution in [-0.4, -0.2) is 9.78 Å². The molecule has 76 valence electrons. The summed E-state index contributed by atoms with van der Waals surface area (Å²) in [5.74, 6) is 0.663. The van der Waals surface area contributed by atoms with Crippen LogP contribution in [-0.2, 0) is 6.54 Å². The standard InChI is InChI=1S/C11H16N2O/c14-11-7-4-8-12-13(11)9-10-5-2-1-3-6-10/h4,7-8,10H,1-3,5-6,9H2. The predicted octanol–water partition coefficient (Wildman–Crippen LogP) is 1.82. The second-order valence-corrected chi connectivity index (χ2v) is 4.05. The van der Waals surface area contributed by atoms with Crippen molar-refractivity contribution in [1.82, 2.24) is 9.78 Å². The zero-order valence-electron chi connectivity index (χ0n) is 8.35. The Bertz CT molecular complexity index is 339. The minimum absolute atomic E-state index is 0.0260. The van der Waals surface area contributed by atoms with E-state index in [0.29, 0.717) is 5.92 Å². The first-order valence-corrected chi connectivity index (χ1v) is 5.38. The van der Waals surface area contributed by atoms with Crippen LogP contribution in [0.2, 0.25) is 0 Å². The van der Waals surface area contributed by atoms with Crippen molar-refractivity contribution in [3.8, 4) is 0 Å². The molecular formula is C11H16N2O. The lowest BCUT2D eigenvalue weighted by Gasteiger charge is -2.21. The number of hydrogen-bond donors (Lipinski definition) is 0. The van der Waals surface area contributed by atoms with Crippen LogP contribution in [0.25, 0.3) is 0 Å². The van der Waals surface area contributed by atoms with E-state index in [0.717, 1.165) is 6.54 Å². The van der Waals surface area contributed by atoms with Gasteiger partial charge in [-0.05, 0) is 24.8 Å². The molecule has 0 aliphatic heterocycles. The van der Waals surface area contributed by atoms with Gasteiger partial charge in [0.2, 0.25) is 0 Å². The van der Waals surface area contributed by atoms with Gasteiger partial charge in [0.1, 0.15) is 0 Å². The van der Waals surface area contributed by atoms with Crippen molar-refractivity contribution in [3.63, 3.8) is 0 Å². The molecule has 2 rings (SSSR count). The van der Waals surface area contributed by atoms with Gasteiger partial charge < -0.3 is 0 Å². The lowest BCUT2D eigenvalue weighted by atomic mass is 9.89. The Hall–Kier alpha value is -1.12. The summed E-state index contributed by atoms with van der Waals surface area (Å²) in [6, 6.07) is 3.27. The highest BCUT2D eigenvalue weighted by Crippen LogP contribution is 2.24. The highest BCUT2D eigenvalue weighted by molar-refractivity contribution is 4.85. The predicted molar refractivity (Wildman–Crippen MR) is 55.1 cm³/mol. The van der Waals surface area contributed by atoms with Gasteiger partial charge in [-0.3, -0.25) is 4.79 Å². The van der Waals surface area contributed by atoms with Crippen molar-refractivity contribution >= 4 is 0 Å². The van der Waals surface area contributed by atoms with E-state index in [2.05, 4.69) is 5.10 Å². The van der Waals surface area contributed by atoms with E-state index in [1.807, 2.05) is 0 Å². The molecule has 1 saturated carbocycles. The fourth-order valence-electron chi connectivity index (χ4n) is 2.14. The number of rotatable bonds is 2. The maximum atomic E-state index is 11.4. The van der Waals surface area contributed by atoms with Gasteiger partial charge in [-0.25, -0.2) is 4.68 Å². The normalized spacial score (nSPS) is 18.3. The molecule has 1 aromatic heterocycles. The first-order valence-electron chi connectivity index (χ1n) is 5.38. The first-order chi connectivity index (χ1) is 6.86. The number of nitrogens with zero attached hydrogens (tertiary/aromatic N) is 2. The highest BCUT2D eigenvalue weighted by atomic mass is 16.1. The first kappa shape index (κ1) is 9.44. The average molecular weight is 192 g/mol. The van der Waals surface area contributed by atoms with Crippen LogP contribution in [0.1, 0.15) is 32.1 Å². The minimum Gasteiger partial charge on any atom is -0.268 e. The molecule has 1 aromatic rings. The highest BCUT2D eigenvalue weighted by Gasteiger charge is 2.14. The van der Waals surface area contributed by atoms with Gasteiger partial charge in [-0.15, -0.1) is 0 Å². The molecule has 0 saturated heterocycles. The molecule has 0 bridgehead atoms. The molecule has 0 amide bonds. The van der Waals surface area contributed by atoms with Crippen LogP contribution < -0.4 is 5.56 Å². The third-order valence-corrected chi connectivity index (χ3v) is 2.94. The second-order valence-electron chi connectivity index (χ2n) is 4.05. The van der Waals surface area contributed by atoms with E-state index in [9.17, 15) is 4.79 Å². The molecule has 1 fully saturated rings. The van der Waals surface area contributed by atoms with Gasteiger partial charge in [0.15, 0.2) is 0 Å². The monoisotopic (exact) mass is 192 g/mol. The van der Waals surface area contributed by atoms with E-state index in [4.69, 9.17) is 0 Å². The Morgan fingerprint density at radius 3 is 2.86 bits per heavy atom. The van der Waals surface area contributed by atoms with Crippen LogP contribution >= 0.6 is 0 Å².